The highest BCUT2D eigenvalue weighted by molar-refractivity contribution is 7.71. The second kappa shape index (κ2) is 3.97. The van der Waals surface area contributed by atoms with E-state index in [1.165, 1.54) is 12.1 Å². The van der Waals surface area contributed by atoms with Gasteiger partial charge < -0.3 is 4.98 Å². The van der Waals surface area contributed by atoms with Gasteiger partial charge >= 0.3 is 5.69 Å². The summed E-state index contributed by atoms with van der Waals surface area (Å²) < 4.78 is 26.3. The van der Waals surface area contributed by atoms with Crippen LogP contribution >= 0.6 is 12.2 Å². The molecular weight excluding hydrogens is 234 g/mol. The van der Waals surface area contributed by atoms with E-state index in [1.807, 2.05) is 0 Å². The van der Waals surface area contributed by atoms with Crippen LogP contribution in [0.15, 0.2) is 29.1 Å². The molecule has 0 saturated carbocycles. The van der Waals surface area contributed by atoms with Crippen molar-refractivity contribution in [1.29, 1.82) is 0 Å². The quantitative estimate of drug-likeness (QED) is 0.752. The van der Waals surface area contributed by atoms with E-state index in [2.05, 4.69) is 9.97 Å². The topological polar surface area (TPSA) is 48.6 Å². The molecule has 0 atom stereocenters. The Morgan fingerprint density at radius 1 is 1.12 bits per heavy atom. The Morgan fingerprint density at radius 2 is 1.88 bits per heavy atom. The number of aromatic nitrogens is 2. The molecular formula is C10H6F2N2OS. The lowest BCUT2D eigenvalue weighted by Crippen LogP contribution is -2.10. The molecule has 6 heteroatoms. The van der Waals surface area contributed by atoms with Crippen LogP contribution in [0.25, 0.3) is 11.3 Å². The molecule has 1 aromatic carbocycles. The van der Waals surface area contributed by atoms with Gasteiger partial charge in [-0.3, -0.25) is 4.98 Å². The third-order valence-electron chi connectivity index (χ3n) is 1.98. The first-order chi connectivity index (χ1) is 7.56. The highest BCUT2D eigenvalue weighted by Crippen LogP contribution is 2.20. The summed E-state index contributed by atoms with van der Waals surface area (Å²) in [5.74, 6) is -1.43. The van der Waals surface area contributed by atoms with Crippen LogP contribution in [0.1, 0.15) is 0 Å². The predicted octanol–water partition coefficient (Wildman–Crippen LogP) is 2.38. The summed E-state index contributed by atoms with van der Waals surface area (Å²) in [6.45, 7) is 0. The third kappa shape index (κ3) is 2.06. The zero-order chi connectivity index (χ0) is 11.7. The van der Waals surface area contributed by atoms with Crippen molar-refractivity contribution in [3.05, 3.63) is 51.0 Å². The molecule has 2 N–H and O–H groups in total. The Labute approximate surface area is 93.8 Å². The summed E-state index contributed by atoms with van der Waals surface area (Å²) in [5, 5.41) is 0. The minimum Gasteiger partial charge on any atom is -0.307 e. The number of rotatable bonds is 1. The molecule has 0 unspecified atom stereocenters. The van der Waals surface area contributed by atoms with Gasteiger partial charge in [-0.15, -0.1) is 0 Å². The molecule has 0 aliphatic heterocycles. The normalized spacial score (nSPS) is 10.4. The molecule has 0 radical (unpaired) electrons. The van der Waals surface area contributed by atoms with Crippen molar-refractivity contribution < 1.29 is 8.78 Å². The highest BCUT2D eigenvalue weighted by atomic mass is 32.1. The van der Waals surface area contributed by atoms with Crippen molar-refractivity contribution in [2.75, 3.05) is 0 Å². The lowest BCUT2D eigenvalue weighted by atomic mass is 10.1. The van der Waals surface area contributed by atoms with Crippen molar-refractivity contribution in [1.82, 2.24) is 9.97 Å². The molecule has 16 heavy (non-hydrogen) atoms. The van der Waals surface area contributed by atoms with Gasteiger partial charge in [0.05, 0.1) is 5.69 Å². The maximum atomic E-state index is 13.4. The lowest BCUT2D eigenvalue weighted by molar-refractivity contribution is 0.585. The van der Waals surface area contributed by atoms with Crippen molar-refractivity contribution in [2.45, 2.75) is 0 Å². The first kappa shape index (κ1) is 10.7. The molecule has 2 aromatic rings. The Morgan fingerprint density at radius 3 is 2.50 bits per heavy atom. The summed E-state index contributed by atoms with van der Waals surface area (Å²) in [4.78, 5) is 15.8. The molecule has 0 bridgehead atoms. The highest BCUT2D eigenvalue weighted by Gasteiger charge is 2.07. The fraction of sp³-hybridized carbons (Fsp3) is 0. The van der Waals surface area contributed by atoms with Crippen LogP contribution in [-0.2, 0) is 0 Å². The monoisotopic (exact) mass is 240 g/mol. The molecule has 1 heterocycles. The van der Waals surface area contributed by atoms with Crippen LogP contribution in [-0.4, -0.2) is 9.97 Å². The van der Waals surface area contributed by atoms with Crippen LogP contribution in [0.4, 0.5) is 8.78 Å². The van der Waals surface area contributed by atoms with Crippen LogP contribution in [0.3, 0.4) is 0 Å². The Bertz CT molecular complexity index is 620. The zero-order valence-corrected chi connectivity index (χ0v) is 8.70. The number of hydrogen-bond acceptors (Lipinski definition) is 2. The molecule has 1 aromatic heterocycles. The minimum absolute atomic E-state index is 0.0959. The van der Waals surface area contributed by atoms with Crippen molar-refractivity contribution >= 4 is 12.2 Å². The van der Waals surface area contributed by atoms with Gasteiger partial charge in [0.15, 0.2) is 0 Å². The smallest absolute Gasteiger partial charge is 0.307 e. The van der Waals surface area contributed by atoms with Crippen LogP contribution < -0.4 is 5.69 Å². The van der Waals surface area contributed by atoms with E-state index in [4.69, 9.17) is 12.2 Å². The van der Waals surface area contributed by atoms with Crippen LogP contribution in [0.5, 0.6) is 0 Å². The van der Waals surface area contributed by atoms with Gasteiger partial charge in [-0.05, 0) is 18.2 Å². The molecule has 2 rings (SSSR count). The average molecular weight is 240 g/mol. The predicted molar refractivity (Wildman–Crippen MR) is 57.6 cm³/mol. The molecule has 0 aliphatic rings. The molecule has 82 valence electrons. The maximum absolute atomic E-state index is 13.4. The Balaban J connectivity index is 2.67. The van der Waals surface area contributed by atoms with Crippen LogP contribution in [0.2, 0.25) is 0 Å². The van der Waals surface area contributed by atoms with E-state index in [9.17, 15) is 13.6 Å². The molecule has 0 spiro atoms. The fourth-order valence-corrected chi connectivity index (χ4v) is 1.53. The minimum atomic E-state index is -0.753. The number of hydrogen-bond donors (Lipinski definition) is 2. The van der Waals surface area contributed by atoms with Gasteiger partial charge in [0.2, 0.25) is 0 Å². The van der Waals surface area contributed by atoms with Crippen LogP contribution in [0, 0.1) is 16.3 Å². The molecule has 0 aliphatic carbocycles. The first-order valence-corrected chi connectivity index (χ1v) is 4.76. The maximum Gasteiger partial charge on any atom is 0.324 e. The van der Waals surface area contributed by atoms with E-state index >= 15 is 0 Å². The Hall–Kier alpha value is -1.82. The standard InChI is InChI=1S/C10H6F2N2OS/c11-5-1-2-6(7(12)3-5)8-4-9(16)14-10(15)13-8/h1-4H,(H2,13,14,15,16). The van der Waals surface area contributed by atoms with E-state index in [1.54, 1.807) is 0 Å². The molecule has 0 amide bonds. The number of nitrogens with one attached hydrogen (secondary N) is 2. The summed E-state index contributed by atoms with van der Waals surface area (Å²) in [6.07, 6.45) is 0. The molecule has 3 nitrogen and oxygen atoms in total. The van der Waals surface area contributed by atoms with Crippen molar-refractivity contribution in [3.8, 4) is 11.3 Å². The fourth-order valence-electron chi connectivity index (χ4n) is 1.32. The van der Waals surface area contributed by atoms with E-state index in [0.717, 1.165) is 12.1 Å². The number of halogens is 2. The van der Waals surface area contributed by atoms with Crippen molar-refractivity contribution in [2.24, 2.45) is 0 Å². The summed E-state index contributed by atoms with van der Waals surface area (Å²) in [6, 6.07) is 4.49. The van der Waals surface area contributed by atoms with Gasteiger partial charge in [-0.25, -0.2) is 13.6 Å². The third-order valence-corrected chi connectivity index (χ3v) is 2.20. The van der Waals surface area contributed by atoms with Gasteiger partial charge in [0, 0.05) is 11.6 Å². The average Bonchev–Trinajstić information content (AvgIpc) is 2.15. The van der Waals surface area contributed by atoms with Gasteiger partial charge in [0.25, 0.3) is 0 Å². The van der Waals surface area contributed by atoms with E-state index in [0.29, 0.717) is 0 Å². The molecule has 0 fully saturated rings. The van der Waals surface area contributed by atoms with Gasteiger partial charge in [0.1, 0.15) is 16.3 Å². The number of H-pyrrole nitrogens is 2. The number of benzene rings is 1. The van der Waals surface area contributed by atoms with Gasteiger partial charge in [-0.2, -0.15) is 0 Å². The summed E-state index contributed by atoms with van der Waals surface area (Å²) >= 11 is 4.78. The second-order valence-electron chi connectivity index (χ2n) is 3.13. The first-order valence-electron chi connectivity index (χ1n) is 4.35. The van der Waals surface area contributed by atoms with Crippen molar-refractivity contribution in [3.63, 3.8) is 0 Å². The van der Waals surface area contributed by atoms with E-state index < -0.39 is 17.3 Å². The Kier molecular flexibility index (Phi) is 2.66. The number of aromatic amines is 2. The molecule has 0 saturated heterocycles. The van der Waals surface area contributed by atoms with E-state index in [-0.39, 0.29) is 15.9 Å². The summed E-state index contributed by atoms with van der Waals surface area (Å²) in [5.41, 5.74) is -0.226. The lowest BCUT2D eigenvalue weighted by Gasteiger charge is -2.02. The SMILES string of the molecule is O=c1[nH]c(-c2ccc(F)cc2F)cc(=S)[nH]1. The summed E-state index contributed by atoms with van der Waals surface area (Å²) in [7, 11) is 0. The zero-order valence-electron chi connectivity index (χ0n) is 7.88. The van der Waals surface area contributed by atoms with Gasteiger partial charge in [-0.1, -0.05) is 12.2 Å². The second-order valence-corrected chi connectivity index (χ2v) is 3.57. The largest absolute Gasteiger partial charge is 0.324 e.